The van der Waals surface area contributed by atoms with E-state index in [0.29, 0.717) is 5.92 Å². The fourth-order valence-corrected chi connectivity index (χ4v) is 2.86. The topological polar surface area (TPSA) is 0 Å². The van der Waals surface area contributed by atoms with Gasteiger partial charge in [0.15, 0.2) is 0 Å². The highest BCUT2D eigenvalue weighted by atomic mass is 14.1. The lowest BCUT2D eigenvalue weighted by Gasteiger charge is -2.14. The van der Waals surface area contributed by atoms with E-state index in [-0.39, 0.29) is 0 Å². The van der Waals surface area contributed by atoms with Gasteiger partial charge in [-0.05, 0) is 40.7 Å². The Labute approximate surface area is 121 Å². The molecule has 0 bridgehead atoms. The fraction of sp³-hybridized carbons (Fsp3) is 0.200. The predicted octanol–water partition coefficient (Wildman–Crippen LogP) is 5.58. The summed E-state index contributed by atoms with van der Waals surface area (Å²) in [5.41, 5.74) is 2.90. The van der Waals surface area contributed by atoms with Gasteiger partial charge in [0.2, 0.25) is 0 Å². The molecular formula is C20H20. The second-order valence-electron chi connectivity index (χ2n) is 5.49. The van der Waals surface area contributed by atoms with Crippen molar-refractivity contribution in [2.45, 2.75) is 25.7 Å². The van der Waals surface area contributed by atoms with E-state index in [0.717, 1.165) is 6.42 Å². The lowest BCUT2D eigenvalue weighted by atomic mass is 9.90. The quantitative estimate of drug-likeness (QED) is 0.574. The summed E-state index contributed by atoms with van der Waals surface area (Å²) < 4.78 is 0. The number of rotatable bonds is 4. The van der Waals surface area contributed by atoms with Crippen LogP contribution in [0.3, 0.4) is 0 Å². The SMILES string of the molecule is CC(CCc1ccccc1)c1cccc2ccccc12. The van der Waals surface area contributed by atoms with Crippen molar-refractivity contribution in [1.29, 1.82) is 0 Å². The molecule has 0 saturated heterocycles. The fourth-order valence-electron chi connectivity index (χ4n) is 2.86. The van der Waals surface area contributed by atoms with Gasteiger partial charge in [-0.25, -0.2) is 0 Å². The first-order valence-electron chi connectivity index (χ1n) is 7.36. The van der Waals surface area contributed by atoms with Crippen molar-refractivity contribution in [3.63, 3.8) is 0 Å². The Morgan fingerprint density at radius 3 is 2.30 bits per heavy atom. The van der Waals surface area contributed by atoms with E-state index in [1.807, 2.05) is 0 Å². The van der Waals surface area contributed by atoms with Crippen molar-refractivity contribution < 1.29 is 0 Å². The van der Waals surface area contributed by atoms with Crippen LogP contribution in [-0.2, 0) is 6.42 Å². The van der Waals surface area contributed by atoms with E-state index in [1.54, 1.807) is 0 Å². The van der Waals surface area contributed by atoms with Crippen molar-refractivity contribution in [1.82, 2.24) is 0 Å². The Morgan fingerprint density at radius 1 is 0.750 bits per heavy atom. The lowest BCUT2D eigenvalue weighted by Crippen LogP contribution is -1.97. The van der Waals surface area contributed by atoms with Crippen LogP contribution >= 0.6 is 0 Å². The molecule has 3 aromatic rings. The van der Waals surface area contributed by atoms with Crippen LogP contribution in [0.2, 0.25) is 0 Å². The smallest absolute Gasteiger partial charge is 0.0149 e. The van der Waals surface area contributed by atoms with Crippen molar-refractivity contribution in [3.05, 3.63) is 83.9 Å². The second kappa shape index (κ2) is 5.92. The Hall–Kier alpha value is -2.08. The summed E-state index contributed by atoms with van der Waals surface area (Å²) in [6.45, 7) is 2.34. The molecule has 0 spiro atoms. The molecule has 0 aliphatic carbocycles. The summed E-state index contributed by atoms with van der Waals surface area (Å²) in [5.74, 6) is 0.585. The van der Waals surface area contributed by atoms with Crippen molar-refractivity contribution >= 4 is 10.8 Å². The molecule has 1 unspecified atom stereocenters. The summed E-state index contributed by atoms with van der Waals surface area (Å²) in [6, 6.07) is 26.1. The first kappa shape index (κ1) is 12.9. The van der Waals surface area contributed by atoms with Gasteiger partial charge >= 0.3 is 0 Å². The Balaban J connectivity index is 1.80. The van der Waals surface area contributed by atoms with E-state index in [9.17, 15) is 0 Å². The van der Waals surface area contributed by atoms with Gasteiger partial charge in [-0.1, -0.05) is 79.7 Å². The van der Waals surface area contributed by atoms with Gasteiger partial charge in [0.05, 0.1) is 0 Å². The molecule has 3 aromatic carbocycles. The minimum Gasteiger partial charge on any atom is -0.0622 e. The molecule has 0 radical (unpaired) electrons. The molecule has 3 rings (SSSR count). The highest BCUT2D eigenvalue weighted by Gasteiger charge is 2.09. The van der Waals surface area contributed by atoms with Crippen LogP contribution in [0, 0.1) is 0 Å². The van der Waals surface area contributed by atoms with Crippen molar-refractivity contribution in [2.24, 2.45) is 0 Å². The molecule has 0 N–H and O–H groups in total. The van der Waals surface area contributed by atoms with Crippen LogP contribution in [-0.4, -0.2) is 0 Å². The molecular weight excluding hydrogens is 240 g/mol. The summed E-state index contributed by atoms with van der Waals surface area (Å²) in [4.78, 5) is 0. The van der Waals surface area contributed by atoms with Crippen LogP contribution in [0.5, 0.6) is 0 Å². The number of hydrogen-bond donors (Lipinski definition) is 0. The molecule has 0 fully saturated rings. The van der Waals surface area contributed by atoms with Crippen LogP contribution in [0.15, 0.2) is 72.8 Å². The predicted molar refractivity (Wildman–Crippen MR) is 87.1 cm³/mol. The molecule has 0 nitrogen and oxygen atoms in total. The summed E-state index contributed by atoms with van der Waals surface area (Å²) in [7, 11) is 0. The van der Waals surface area contributed by atoms with E-state index in [2.05, 4.69) is 79.7 Å². The maximum absolute atomic E-state index is 2.34. The van der Waals surface area contributed by atoms with Crippen LogP contribution < -0.4 is 0 Å². The first-order valence-corrected chi connectivity index (χ1v) is 7.36. The Morgan fingerprint density at radius 2 is 1.45 bits per heavy atom. The third-order valence-corrected chi connectivity index (χ3v) is 4.06. The molecule has 100 valence electrons. The molecule has 0 heterocycles. The Bertz CT molecular complexity index is 677. The maximum Gasteiger partial charge on any atom is -0.0149 e. The molecule has 0 aromatic heterocycles. The average molecular weight is 260 g/mol. The van der Waals surface area contributed by atoms with Crippen LogP contribution in [0.1, 0.15) is 30.4 Å². The largest absolute Gasteiger partial charge is 0.0622 e. The zero-order chi connectivity index (χ0) is 13.8. The van der Waals surface area contributed by atoms with Gasteiger partial charge in [0.25, 0.3) is 0 Å². The molecule has 0 aliphatic heterocycles. The van der Waals surface area contributed by atoms with E-state index < -0.39 is 0 Å². The zero-order valence-electron chi connectivity index (χ0n) is 11.9. The number of hydrogen-bond acceptors (Lipinski definition) is 0. The van der Waals surface area contributed by atoms with E-state index in [1.165, 1.54) is 28.3 Å². The van der Waals surface area contributed by atoms with Gasteiger partial charge in [-0.2, -0.15) is 0 Å². The number of aryl methyl sites for hydroxylation is 1. The van der Waals surface area contributed by atoms with E-state index >= 15 is 0 Å². The molecule has 0 aliphatic rings. The minimum atomic E-state index is 0.585. The molecule has 0 saturated carbocycles. The number of benzene rings is 3. The molecule has 20 heavy (non-hydrogen) atoms. The normalized spacial score (nSPS) is 12.4. The summed E-state index contributed by atoms with van der Waals surface area (Å²) in [5, 5.41) is 2.74. The zero-order valence-corrected chi connectivity index (χ0v) is 11.9. The van der Waals surface area contributed by atoms with E-state index in [4.69, 9.17) is 0 Å². The third kappa shape index (κ3) is 2.75. The van der Waals surface area contributed by atoms with Crippen molar-refractivity contribution in [2.75, 3.05) is 0 Å². The van der Waals surface area contributed by atoms with Gasteiger partial charge in [0.1, 0.15) is 0 Å². The van der Waals surface area contributed by atoms with Crippen LogP contribution in [0.4, 0.5) is 0 Å². The molecule has 0 heteroatoms. The molecule has 1 atom stereocenters. The standard InChI is InChI=1S/C20H20/c1-16(14-15-17-8-3-2-4-9-17)19-13-7-11-18-10-5-6-12-20(18)19/h2-13,16H,14-15H2,1H3. The first-order chi connectivity index (χ1) is 9.84. The monoisotopic (exact) mass is 260 g/mol. The molecule has 0 amide bonds. The van der Waals surface area contributed by atoms with Crippen LogP contribution in [0.25, 0.3) is 10.8 Å². The van der Waals surface area contributed by atoms with Gasteiger partial charge in [0, 0.05) is 0 Å². The second-order valence-corrected chi connectivity index (χ2v) is 5.49. The number of fused-ring (bicyclic) bond motifs is 1. The highest BCUT2D eigenvalue weighted by Crippen LogP contribution is 2.28. The highest BCUT2D eigenvalue weighted by molar-refractivity contribution is 5.86. The maximum atomic E-state index is 2.34. The lowest BCUT2D eigenvalue weighted by molar-refractivity contribution is 0.684. The van der Waals surface area contributed by atoms with Gasteiger partial charge in [-0.3, -0.25) is 0 Å². The van der Waals surface area contributed by atoms with Gasteiger partial charge < -0.3 is 0 Å². The summed E-state index contributed by atoms with van der Waals surface area (Å²) in [6.07, 6.45) is 2.34. The van der Waals surface area contributed by atoms with Gasteiger partial charge in [-0.15, -0.1) is 0 Å². The third-order valence-electron chi connectivity index (χ3n) is 4.06. The Kier molecular flexibility index (Phi) is 3.83. The summed E-state index contributed by atoms with van der Waals surface area (Å²) >= 11 is 0. The minimum absolute atomic E-state index is 0.585. The van der Waals surface area contributed by atoms with Crippen molar-refractivity contribution in [3.8, 4) is 0 Å². The average Bonchev–Trinajstić information content (AvgIpc) is 2.53.